The minimum absolute atomic E-state index is 0.00583. The van der Waals surface area contributed by atoms with Crippen molar-refractivity contribution in [3.8, 4) is 0 Å². The zero-order chi connectivity index (χ0) is 17.4. The summed E-state index contributed by atoms with van der Waals surface area (Å²) in [6.07, 6.45) is 1.53. The van der Waals surface area contributed by atoms with Crippen molar-refractivity contribution in [1.29, 1.82) is 0 Å². The smallest absolute Gasteiger partial charge is 0.235 e. The molecule has 126 valence electrons. The molecular weight excluding hydrogens is 286 g/mol. The van der Waals surface area contributed by atoms with Gasteiger partial charge in [-0.2, -0.15) is 0 Å². The van der Waals surface area contributed by atoms with Crippen LogP contribution in [0.2, 0.25) is 0 Å². The van der Waals surface area contributed by atoms with Gasteiger partial charge in [0.1, 0.15) is 0 Å². The van der Waals surface area contributed by atoms with Gasteiger partial charge in [0, 0.05) is 11.3 Å². The second-order valence-corrected chi connectivity index (χ2v) is 8.89. The Balaban J connectivity index is 2.37. The average Bonchev–Trinajstić information content (AvgIpc) is 2.73. The molecule has 2 rings (SSSR count). The maximum absolute atomic E-state index is 13.0. The van der Waals surface area contributed by atoms with Crippen molar-refractivity contribution in [3.63, 3.8) is 0 Å². The quantitative estimate of drug-likeness (QED) is 0.800. The molecule has 1 fully saturated rings. The van der Waals surface area contributed by atoms with Crippen LogP contribution in [0.15, 0.2) is 30.3 Å². The van der Waals surface area contributed by atoms with Crippen LogP contribution < -0.4 is 0 Å². The van der Waals surface area contributed by atoms with Gasteiger partial charge >= 0.3 is 0 Å². The van der Waals surface area contributed by atoms with Crippen LogP contribution in [0.4, 0.5) is 0 Å². The van der Waals surface area contributed by atoms with Crippen molar-refractivity contribution in [2.45, 2.75) is 60.4 Å². The topological polar surface area (TPSA) is 37.4 Å². The zero-order valence-electron chi connectivity index (χ0n) is 15.2. The Hall–Kier alpha value is -1.64. The van der Waals surface area contributed by atoms with Gasteiger partial charge in [-0.25, -0.2) is 0 Å². The Morgan fingerprint density at radius 3 is 2.13 bits per heavy atom. The lowest BCUT2D eigenvalue weighted by atomic mass is 9.83. The highest BCUT2D eigenvalue weighted by molar-refractivity contribution is 6.00. The van der Waals surface area contributed by atoms with Gasteiger partial charge in [0.2, 0.25) is 11.8 Å². The number of hydrogen-bond donors (Lipinski definition) is 0. The first-order chi connectivity index (χ1) is 10.5. The van der Waals surface area contributed by atoms with Crippen molar-refractivity contribution >= 4 is 11.8 Å². The van der Waals surface area contributed by atoms with Gasteiger partial charge in [-0.15, -0.1) is 0 Å². The van der Waals surface area contributed by atoms with E-state index in [0.717, 1.165) is 18.4 Å². The number of hydrogen-bond acceptors (Lipinski definition) is 2. The number of rotatable bonds is 2. The summed E-state index contributed by atoms with van der Waals surface area (Å²) < 4.78 is 0. The number of amides is 2. The van der Waals surface area contributed by atoms with Gasteiger partial charge in [0.05, 0.1) is 6.04 Å². The summed E-state index contributed by atoms with van der Waals surface area (Å²) in [6.45, 7) is 12.1. The fraction of sp³-hybridized carbons (Fsp3) is 0.600. The Morgan fingerprint density at radius 1 is 1.09 bits per heavy atom. The molecule has 0 unspecified atom stereocenters. The summed E-state index contributed by atoms with van der Waals surface area (Å²) in [5, 5.41) is 0. The molecular formula is C20H29NO2. The van der Waals surface area contributed by atoms with Gasteiger partial charge in [0.15, 0.2) is 0 Å². The Morgan fingerprint density at radius 2 is 1.65 bits per heavy atom. The molecule has 1 saturated heterocycles. The molecule has 0 saturated carbocycles. The summed E-state index contributed by atoms with van der Waals surface area (Å²) in [7, 11) is 0. The van der Waals surface area contributed by atoms with Crippen LogP contribution in [0.25, 0.3) is 0 Å². The molecule has 0 spiro atoms. The maximum atomic E-state index is 13.0. The normalized spacial score (nSPS) is 22.5. The molecule has 1 aromatic rings. The molecule has 1 aliphatic rings. The SMILES string of the molecule is CC(C)(C)C[C@H]1C[C@@H](c2ccccc2)N(C(=O)C(C)(C)C)C1=O. The van der Waals surface area contributed by atoms with E-state index in [4.69, 9.17) is 0 Å². The number of carbonyl (C=O) groups is 2. The second-order valence-electron chi connectivity index (χ2n) is 8.89. The lowest BCUT2D eigenvalue weighted by Gasteiger charge is -2.29. The second kappa shape index (κ2) is 6.10. The Labute approximate surface area is 140 Å². The number of likely N-dealkylation sites (tertiary alicyclic amines) is 1. The highest BCUT2D eigenvalue weighted by Crippen LogP contribution is 2.43. The van der Waals surface area contributed by atoms with Gasteiger partial charge in [-0.1, -0.05) is 71.9 Å². The number of nitrogens with zero attached hydrogens (tertiary/aromatic N) is 1. The minimum atomic E-state index is -0.556. The zero-order valence-corrected chi connectivity index (χ0v) is 15.2. The van der Waals surface area contributed by atoms with Gasteiger partial charge in [0.25, 0.3) is 0 Å². The van der Waals surface area contributed by atoms with Crippen LogP contribution in [0.3, 0.4) is 0 Å². The number of carbonyl (C=O) groups excluding carboxylic acids is 2. The van der Waals surface area contributed by atoms with Gasteiger partial charge in [-0.05, 0) is 23.8 Å². The van der Waals surface area contributed by atoms with E-state index in [9.17, 15) is 9.59 Å². The lowest BCUT2D eigenvalue weighted by molar-refractivity contribution is -0.151. The van der Waals surface area contributed by atoms with Gasteiger partial charge < -0.3 is 0 Å². The molecule has 0 bridgehead atoms. The average molecular weight is 315 g/mol. The van der Waals surface area contributed by atoms with E-state index in [1.165, 1.54) is 4.90 Å². The predicted octanol–water partition coefficient (Wildman–Crippen LogP) is 4.59. The molecule has 0 aliphatic carbocycles. The van der Waals surface area contributed by atoms with Crippen LogP contribution in [0, 0.1) is 16.7 Å². The summed E-state index contributed by atoms with van der Waals surface area (Å²) >= 11 is 0. The highest BCUT2D eigenvalue weighted by Gasteiger charge is 2.47. The molecule has 1 aliphatic heterocycles. The standard InChI is InChI=1S/C20H29NO2/c1-19(2,3)13-15-12-16(14-10-8-7-9-11-14)21(17(15)22)18(23)20(4,5)6/h7-11,15-16H,12-13H2,1-6H3/t15-,16+/m1/s1. The largest absolute Gasteiger partial charge is 0.274 e. The van der Waals surface area contributed by atoms with Gasteiger partial charge in [-0.3, -0.25) is 14.5 Å². The Kier molecular flexibility index (Phi) is 4.70. The minimum Gasteiger partial charge on any atom is -0.274 e. The predicted molar refractivity (Wildman–Crippen MR) is 92.7 cm³/mol. The van der Waals surface area contributed by atoms with E-state index in [1.807, 2.05) is 51.1 Å². The fourth-order valence-electron chi connectivity index (χ4n) is 3.30. The molecule has 1 heterocycles. The van der Waals surface area contributed by atoms with E-state index >= 15 is 0 Å². The van der Waals surface area contributed by atoms with E-state index < -0.39 is 5.41 Å². The van der Waals surface area contributed by atoms with Crippen molar-refractivity contribution < 1.29 is 9.59 Å². The van der Waals surface area contributed by atoms with Crippen LogP contribution in [0.5, 0.6) is 0 Å². The summed E-state index contributed by atoms with van der Waals surface area (Å²) in [6, 6.07) is 9.79. The molecule has 1 aromatic carbocycles. The summed E-state index contributed by atoms with van der Waals surface area (Å²) in [4.78, 5) is 27.4. The van der Waals surface area contributed by atoms with Crippen LogP contribution in [-0.4, -0.2) is 16.7 Å². The fourth-order valence-corrected chi connectivity index (χ4v) is 3.30. The first kappa shape index (κ1) is 17.7. The molecule has 0 aromatic heterocycles. The first-order valence-corrected chi connectivity index (χ1v) is 8.43. The number of benzene rings is 1. The van der Waals surface area contributed by atoms with Crippen LogP contribution >= 0.6 is 0 Å². The van der Waals surface area contributed by atoms with E-state index in [1.54, 1.807) is 0 Å². The third-order valence-corrected chi connectivity index (χ3v) is 4.31. The molecule has 2 amide bonds. The van der Waals surface area contributed by atoms with Crippen LogP contribution in [-0.2, 0) is 9.59 Å². The molecule has 23 heavy (non-hydrogen) atoms. The molecule has 3 heteroatoms. The van der Waals surface area contributed by atoms with E-state index in [0.29, 0.717) is 0 Å². The summed E-state index contributed by atoms with van der Waals surface area (Å²) in [5.74, 6) is -0.159. The molecule has 2 atom stereocenters. The maximum Gasteiger partial charge on any atom is 0.235 e. The van der Waals surface area contributed by atoms with Crippen molar-refractivity contribution in [2.24, 2.45) is 16.7 Å². The van der Waals surface area contributed by atoms with Crippen LogP contribution in [0.1, 0.15) is 66.0 Å². The number of imide groups is 1. The van der Waals surface area contributed by atoms with Crippen molar-refractivity contribution in [1.82, 2.24) is 4.90 Å². The Bertz CT molecular complexity index is 578. The monoisotopic (exact) mass is 315 g/mol. The van der Waals surface area contributed by atoms with Crippen molar-refractivity contribution in [2.75, 3.05) is 0 Å². The third-order valence-electron chi connectivity index (χ3n) is 4.31. The molecule has 3 nitrogen and oxygen atoms in total. The van der Waals surface area contributed by atoms with E-state index in [-0.39, 0.29) is 29.2 Å². The third kappa shape index (κ3) is 4.01. The van der Waals surface area contributed by atoms with E-state index in [2.05, 4.69) is 20.8 Å². The first-order valence-electron chi connectivity index (χ1n) is 8.43. The highest BCUT2D eigenvalue weighted by atomic mass is 16.2. The summed E-state index contributed by atoms with van der Waals surface area (Å²) in [5.41, 5.74) is 0.566. The lowest BCUT2D eigenvalue weighted by Crippen LogP contribution is -2.42. The van der Waals surface area contributed by atoms with Crippen molar-refractivity contribution in [3.05, 3.63) is 35.9 Å². The molecule has 0 N–H and O–H groups in total. The molecule has 0 radical (unpaired) electrons.